The van der Waals surface area contributed by atoms with Crippen LogP contribution in [0.5, 0.6) is 0 Å². The third-order valence-corrected chi connectivity index (χ3v) is 2.83. The molecular formula is C13H23N3O2. The average molecular weight is 253 g/mol. The predicted molar refractivity (Wildman–Crippen MR) is 74.7 cm³/mol. The van der Waals surface area contributed by atoms with Crippen LogP contribution in [0.2, 0.25) is 0 Å². The van der Waals surface area contributed by atoms with Crippen molar-refractivity contribution in [2.75, 3.05) is 50.4 Å². The standard InChI is InChI=1S/C13H23N3O2/c1-11-10-12(14)2-3-13(11)15-4-5-16(6-8-17)7-9-18/h2-3,10,15,17-18H,4-9,14H2,1H3. The molecule has 0 aliphatic heterocycles. The Balaban J connectivity index is 2.39. The van der Waals surface area contributed by atoms with E-state index >= 15 is 0 Å². The smallest absolute Gasteiger partial charge is 0.0558 e. The van der Waals surface area contributed by atoms with E-state index in [0.717, 1.165) is 30.0 Å². The van der Waals surface area contributed by atoms with Crippen LogP contribution in [-0.4, -0.2) is 54.5 Å². The van der Waals surface area contributed by atoms with Crippen molar-refractivity contribution in [1.29, 1.82) is 0 Å². The maximum absolute atomic E-state index is 8.90. The van der Waals surface area contributed by atoms with Gasteiger partial charge in [0.05, 0.1) is 13.2 Å². The highest BCUT2D eigenvalue weighted by molar-refractivity contribution is 5.57. The van der Waals surface area contributed by atoms with E-state index < -0.39 is 0 Å². The molecular weight excluding hydrogens is 230 g/mol. The zero-order chi connectivity index (χ0) is 13.4. The minimum absolute atomic E-state index is 0.112. The summed E-state index contributed by atoms with van der Waals surface area (Å²) in [7, 11) is 0. The second kappa shape index (κ2) is 7.92. The van der Waals surface area contributed by atoms with Gasteiger partial charge in [0.1, 0.15) is 0 Å². The molecule has 1 aromatic carbocycles. The lowest BCUT2D eigenvalue weighted by Crippen LogP contribution is -2.34. The Morgan fingerprint density at radius 1 is 1.17 bits per heavy atom. The third kappa shape index (κ3) is 4.91. The van der Waals surface area contributed by atoms with E-state index in [1.54, 1.807) is 0 Å². The molecule has 0 aromatic heterocycles. The number of nitrogen functional groups attached to an aromatic ring is 1. The zero-order valence-corrected chi connectivity index (χ0v) is 10.9. The summed E-state index contributed by atoms with van der Waals surface area (Å²) in [6.07, 6.45) is 0. The Hall–Kier alpha value is -1.30. The van der Waals surface area contributed by atoms with E-state index in [-0.39, 0.29) is 13.2 Å². The first-order valence-corrected chi connectivity index (χ1v) is 6.21. The molecule has 0 unspecified atom stereocenters. The van der Waals surface area contributed by atoms with E-state index in [1.807, 2.05) is 30.0 Å². The van der Waals surface area contributed by atoms with Gasteiger partial charge in [-0.05, 0) is 30.7 Å². The lowest BCUT2D eigenvalue weighted by Gasteiger charge is -2.20. The number of aryl methyl sites for hydroxylation is 1. The van der Waals surface area contributed by atoms with Crippen molar-refractivity contribution in [1.82, 2.24) is 4.90 Å². The van der Waals surface area contributed by atoms with Gasteiger partial charge in [0.2, 0.25) is 0 Å². The van der Waals surface area contributed by atoms with Crippen molar-refractivity contribution in [3.8, 4) is 0 Å². The number of aliphatic hydroxyl groups excluding tert-OH is 2. The van der Waals surface area contributed by atoms with E-state index in [9.17, 15) is 0 Å². The molecule has 1 aromatic rings. The van der Waals surface area contributed by atoms with Crippen LogP contribution in [0.15, 0.2) is 18.2 Å². The van der Waals surface area contributed by atoms with Gasteiger partial charge in [-0.3, -0.25) is 4.90 Å². The summed E-state index contributed by atoms with van der Waals surface area (Å²) in [6, 6.07) is 5.77. The highest BCUT2D eigenvalue weighted by Crippen LogP contribution is 2.17. The summed E-state index contributed by atoms with van der Waals surface area (Å²) in [5, 5.41) is 21.1. The molecule has 0 radical (unpaired) electrons. The fourth-order valence-electron chi connectivity index (χ4n) is 1.85. The van der Waals surface area contributed by atoms with Crippen molar-refractivity contribution >= 4 is 11.4 Å². The molecule has 0 atom stereocenters. The SMILES string of the molecule is Cc1cc(N)ccc1NCCN(CCO)CCO. The highest BCUT2D eigenvalue weighted by Gasteiger charge is 2.03. The lowest BCUT2D eigenvalue weighted by atomic mass is 10.2. The highest BCUT2D eigenvalue weighted by atomic mass is 16.3. The largest absolute Gasteiger partial charge is 0.399 e. The van der Waals surface area contributed by atoms with Crippen LogP contribution >= 0.6 is 0 Å². The first-order chi connectivity index (χ1) is 8.67. The summed E-state index contributed by atoms with van der Waals surface area (Å²) < 4.78 is 0. The average Bonchev–Trinajstić information content (AvgIpc) is 2.32. The third-order valence-electron chi connectivity index (χ3n) is 2.83. The van der Waals surface area contributed by atoms with E-state index in [2.05, 4.69) is 5.32 Å². The first kappa shape index (κ1) is 14.8. The van der Waals surface area contributed by atoms with E-state index in [4.69, 9.17) is 15.9 Å². The molecule has 1 rings (SSSR count). The van der Waals surface area contributed by atoms with Crippen molar-refractivity contribution < 1.29 is 10.2 Å². The van der Waals surface area contributed by atoms with Gasteiger partial charge in [-0.2, -0.15) is 0 Å². The van der Waals surface area contributed by atoms with Gasteiger partial charge in [-0.25, -0.2) is 0 Å². The predicted octanol–water partition coefficient (Wildman–Crippen LogP) is 0.276. The molecule has 0 saturated heterocycles. The van der Waals surface area contributed by atoms with Crippen molar-refractivity contribution in [3.05, 3.63) is 23.8 Å². The van der Waals surface area contributed by atoms with E-state index in [0.29, 0.717) is 13.1 Å². The molecule has 0 fully saturated rings. The number of hydrogen-bond acceptors (Lipinski definition) is 5. The number of nitrogens with two attached hydrogens (primary N) is 1. The molecule has 18 heavy (non-hydrogen) atoms. The topological polar surface area (TPSA) is 81.8 Å². The van der Waals surface area contributed by atoms with Gasteiger partial charge < -0.3 is 21.3 Å². The van der Waals surface area contributed by atoms with Crippen molar-refractivity contribution in [2.24, 2.45) is 0 Å². The van der Waals surface area contributed by atoms with Crippen LogP contribution in [0.25, 0.3) is 0 Å². The summed E-state index contributed by atoms with van der Waals surface area (Å²) >= 11 is 0. The Morgan fingerprint density at radius 3 is 2.39 bits per heavy atom. The number of benzene rings is 1. The van der Waals surface area contributed by atoms with Crippen LogP contribution in [0.3, 0.4) is 0 Å². The molecule has 5 heteroatoms. The van der Waals surface area contributed by atoms with E-state index in [1.165, 1.54) is 0 Å². The maximum Gasteiger partial charge on any atom is 0.0558 e. The number of anilines is 2. The first-order valence-electron chi connectivity index (χ1n) is 6.21. The van der Waals surface area contributed by atoms with Gasteiger partial charge >= 0.3 is 0 Å². The van der Waals surface area contributed by atoms with Gasteiger partial charge in [-0.1, -0.05) is 0 Å². The van der Waals surface area contributed by atoms with Crippen molar-refractivity contribution in [2.45, 2.75) is 6.92 Å². The number of aliphatic hydroxyl groups is 2. The Morgan fingerprint density at radius 2 is 1.83 bits per heavy atom. The molecule has 102 valence electrons. The summed E-state index contributed by atoms with van der Waals surface area (Å²) in [6.45, 7) is 4.96. The van der Waals surface area contributed by atoms with Gasteiger partial charge in [0.15, 0.2) is 0 Å². The lowest BCUT2D eigenvalue weighted by molar-refractivity contribution is 0.165. The second-order valence-corrected chi connectivity index (χ2v) is 4.29. The number of nitrogens with zero attached hydrogens (tertiary/aromatic N) is 1. The molecule has 0 aliphatic carbocycles. The summed E-state index contributed by atoms with van der Waals surface area (Å²) in [5.41, 5.74) is 8.64. The normalized spacial score (nSPS) is 10.9. The van der Waals surface area contributed by atoms with Crippen molar-refractivity contribution in [3.63, 3.8) is 0 Å². The Bertz CT molecular complexity index is 352. The Labute approximate surface area is 108 Å². The maximum atomic E-state index is 8.90. The van der Waals surface area contributed by atoms with Gasteiger partial charge in [0.25, 0.3) is 0 Å². The molecule has 0 bridgehead atoms. The number of nitrogens with one attached hydrogen (secondary N) is 1. The molecule has 5 N–H and O–H groups in total. The zero-order valence-electron chi connectivity index (χ0n) is 10.9. The molecule has 0 spiro atoms. The fraction of sp³-hybridized carbons (Fsp3) is 0.538. The minimum Gasteiger partial charge on any atom is -0.399 e. The number of rotatable bonds is 8. The van der Waals surface area contributed by atoms with Crippen LogP contribution in [-0.2, 0) is 0 Å². The minimum atomic E-state index is 0.112. The fourth-order valence-corrected chi connectivity index (χ4v) is 1.85. The quantitative estimate of drug-likeness (QED) is 0.500. The second-order valence-electron chi connectivity index (χ2n) is 4.29. The van der Waals surface area contributed by atoms with Gasteiger partial charge in [0, 0.05) is 37.6 Å². The molecule has 0 amide bonds. The Kier molecular flexibility index (Phi) is 6.49. The summed E-state index contributed by atoms with van der Waals surface area (Å²) in [4.78, 5) is 2.01. The molecule has 0 saturated carbocycles. The monoisotopic (exact) mass is 253 g/mol. The molecule has 5 nitrogen and oxygen atoms in total. The van der Waals surface area contributed by atoms with Crippen LogP contribution in [0.1, 0.15) is 5.56 Å². The van der Waals surface area contributed by atoms with Crippen LogP contribution in [0, 0.1) is 6.92 Å². The van der Waals surface area contributed by atoms with Crippen LogP contribution in [0.4, 0.5) is 11.4 Å². The molecule has 0 heterocycles. The number of hydrogen-bond donors (Lipinski definition) is 4. The molecule has 0 aliphatic rings. The van der Waals surface area contributed by atoms with Gasteiger partial charge in [-0.15, -0.1) is 0 Å². The summed E-state index contributed by atoms with van der Waals surface area (Å²) in [5.74, 6) is 0. The van der Waals surface area contributed by atoms with Crippen LogP contribution < -0.4 is 11.1 Å².